The van der Waals surface area contributed by atoms with Crippen molar-refractivity contribution in [3.05, 3.63) is 29.2 Å². The second kappa shape index (κ2) is 7.58. The van der Waals surface area contributed by atoms with E-state index < -0.39 is 15.7 Å². The molecule has 0 saturated heterocycles. The predicted molar refractivity (Wildman–Crippen MR) is 92.5 cm³/mol. The molecule has 0 aliphatic rings. The summed E-state index contributed by atoms with van der Waals surface area (Å²) in [5.74, 6) is 0.129. The molecule has 0 spiro atoms. The molecule has 1 N–H and O–H groups in total. The minimum absolute atomic E-state index is 0.00380. The van der Waals surface area contributed by atoms with Crippen LogP contribution in [0.15, 0.2) is 27.3 Å². The van der Waals surface area contributed by atoms with E-state index in [2.05, 4.69) is 14.7 Å². The Hall–Kier alpha value is -2.51. The van der Waals surface area contributed by atoms with Gasteiger partial charge in [-0.25, -0.2) is 8.42 Å². The zero-order valence-corrected chi connectivity index (χ0v) is 15.4. The van der Waals surface area contributed by atoms with Crippen LogP contribution in [0.2, 0.25) is 0 Å². The van der Waals surface area contributed by atoms with Gasteiger partial charge in [-0.3, -0.25) is 10.1 Å². The number of aromatic nitrogens is 2. The number of anilines is 1. The number of nitriles is 1. The number of sulfone groups is 1. The number of aryl methyl sites for hydroxylation is 1. The van der Waals surface area contributed by atoms with E-state index in [1.165, 1.54) is 6.08 Å². The first kappa shape index (κ1) is 18.8. The second-order valence-electron chi connectivity index (χ2n) is 5.63. The Bertz CT molecular complexity index is 948. The van der Waals surface area contributed by atoms with E-state index in [-0.39, 0.29) is 27.5 Å². The molecule has 0 bridgehead atoms. The van der Waals surface area contributed by atoms with Crippen molar-refractivity contribution in [2.45, 2.75) is 25.9 Å². The van der Waals surface area contributed by atoms with Crippen LogP contribution in [0.3, 0.4) is 0 Å². The smallest absolute Gasteiger partial charge is 0.268 e. The fourth-order valence-electron chi connectivity index (χ4n) is 1.89. The molecule has 0 unspecified atom stereocenters. The number of amides is 1. The number of carbonyl (C=O) groups excluding carboxylic acids is 1. The number of furan rings is 1. The van der Waals surface area contributed by atoms with Crippen molar-refractivity contribution in [1.29, 1.82) is 5.26 Å². The quantitative estimate of drug-likeness (QED) is 0.602. The van der Waals surface area contributed by atoms with E-state index in [0.717, 1.165) is 11.5 Å². The third-order valence-corrected chi connectivity index (χ3v) is 5.46. The summed E-state index contributed by atoms with van der Waals surface area (Å²) in [5, 5.41) is 11.2. The van der Waals surface area contributed by atoms with Crippen molar-refractivity contribution in [1.82, 2.24) is 9.36 Å². The molecule has 0 aromatic carbocycles. The van der Waals surface area contributed by atoms with Crippen molar-refractivity contribution in [2.24, 2.45) is 5.92 Å². The highest BCUT2D eigenvalue weighted by atomic mass is 32.2. The Labute approximate surface area is 149 Å². The van der Waals surface area contributed by atoms with Crippen LogP contribution in [0.4, 0.5) is 5.13 Å². The molecule has 0 saturated carbocycles. The Morgan fingerprint density at radius 3 is 2.76 bits per heavy atom. The zero-order valence-electron chi connectivity index (χ0n) is 13.8. The summed E-state index contributed by atoms with van der Waals surface area (Å²) in [5.41, 5.74) is -0.198. The average Bonchev–Trinajstić information content (AvgIpc) is 3.13. The molecule has 0 aliphatic heterocycles. The number of rotatable bonds is 6. The summed E-state index contributed by atoms with van der Waals surface area (Å²) in [6, 6.07) is 5.10. The van der Waals surface area contributed by atoms with E-state index in [9.17, 15) is 13.2 Å². The number of carbonyl (C=O) groups is 1. The topological polar surface area (TPSA) is 126 Å². The highest BCUT2D eigenvalue weighted by Gasteiger charge is 2.23. The fourth-order valence-corrected chi connectivity index (χ4v) is 4.24. The van der Waals surface area contributed by atoms with Gasteiger partial charge < -0.3 is 4.42 Å². The average molecular weight is 380 g/mol. The number of hydrogen-bond donors (Lipinski definition) is 1. The molecule has 25 heavy (non-hydrogen) atoms. The third kappa shape index (κ3) is 4.98. The minimum Gasteiger partial charge on any atom is -0.462 e. The molecule has 2 aromatic rings. The third-order valence-electron chi connectivity index (χ3n) is 2.87. The predicted octanol–water partition coefficient (Wildman–Crippen LogP) is 2.41. The van der Waals surface area contributed by atoms with Gasteiger partial charge in [0.15, 0.2) is 0 Å². The molecule has 1 amide bonds. The largest absolute Gasteiger partial charge is 0.462 e. The van der Waals surface area contributed by atoms with Crippen LogP contribution in [0.1, 0.15) is 25.4 Å². The molecule has 8 nitrogen and oxygen atoms in total. The lowest BCUT2D eigenvalue weighted by atomic mass is 10.2. The summed E-state index contributed by atoms with van der Waals surface area (Å²) < 4.78 is 33.2. The maximum atomic E-state index is 12.1. The molecule has 0 aliphatic carbocycles. The molecule has 0 atom stereocenters. The van der Waals surface area contributed by atoms with Gasteiger partial charge in [0, 0.05) is 17.6 Å². The lowest BCUT2D eigenvalue weighted by Gasteiger charge is -2.02. The van der Waals surface area contributed by atoms with E-state index in [1.807, 2.05) is 0 Å². The van der Waals surface area contributed by atoms with E-state index in [4.69, 9.17) is 9.68 Å². The summed E-state index contributed by atoms with van der Waals surface area (Å²) in [6.45, 7) is 5.28. The Balaban J connectivity index is 2.15. The van der Waals surface area contributed by atoms with Gasteiger partial charge in [0.25, 0.3) is 11.1 Å². The van der Waals surface area contributed by atoms with Crippen molar-refractivity contribution in [3.8, 4) is 6.07 Å². The zero-order chi connectivity index (χ0) is 18.6. The van der Waals surface area contributed by atoms with Gasteiger partial charge >= 0.3 is 0 Å². The number of nitrogens with one attached hydrogen (secondary N) is 1. The lowest BCUT2D eigenvalue weighted by molar-refractivity contribution is -0.112. The van der Waals surface area contributed by atoms with Crippen molar-refractivity contribution in [3.63, 3.8) is 0 Å². The maximum absolute atomic E-state index is 12.1. The summed E-state index contributed by atoms with van der Waals surface area (Å²) >= 11 is 0.738. The highest BCUT2D eigenvalue weighted by molar-refractivity contribution is 7.91. The van der Waals surface area contributed by atoms with Crippen LogP contribution >= 0.6 is 11.5 Å². The first-order valence-electron chi connectivity index (χ1n) is 7.27. The van der Waals surface area contributed by atoms with E-state index >= 15 is 0 Å². The normalized spacial score (nSPS) is 12.2. The summed E-state index contributed by atoms with van der Waals surface area (Å²) in [4.78, 5) is 16.0. The van der Waals surface area contributed by atoms with Crippen LogP contribution < -0.4 is 5.32 Å². The van der Waals surface area contributed by atoms with Crippen LogP contribution in [-0.4, -0.2) is 29.4 Å². The second-order valence-corrected chi connectivity index (χ2v) is 8.31. The van der Waals surface area contributed by atoms with Gasteiger partial charge in [-0.2, -0.15) is 14.6 Å². The maximum Gasteiger partial charge on any atom is 0.268 e. The van der Waals surface area contributed by atoms with Gasteiger partial charge in [-0.05, 0) is 25.0 Å². The Kier molecular flexibility index (Phi) is 5.71. The van der Waals surface area contributed by atoms with Crippen molar-refractivity contribution >= 4 is 38.5 Å². The molecule has 10 heteroatoms. The van der Waals surface area contributed by atoms with Crippen LogP contribution in [0.5, 0.6) is 0 Å². The molecule has 2 aromatic heterocycles. The summed E-state index contributed by atoms with van der Waals surface area (Å²) in [6.07, 6.45) is 1.29. The van der Waals surface area contributed by atoms with Gasteiger partial charge in [0.1, 0.15) is 23.2 Å². The fraction of sp³-hybridized carbons (Fsp3) is 0.333. The number of nitrogens with zero attached hydrogens (tertiary/aromatic N) is 3. The van der Waals surface area contributed by atoms with Crippen molar-refractivity contribution < 1.29 is 17.6 Å². The molecule has 0 fully saturated rings. The number of hydrogen-bond acceptors (Lipinski definition) is 8. The monoisotopic (exact) mass is 380 g/mol. The van der Waals surface area contributed by atoms with Crippen LogP contribution in [0.25, 0.3) is 6.08 Å². The van der Waals surface area contributed by atoms with Crippen LogP contribution in [-0.2, 0) is 14.6 Å². The van der Waals surface area contributed by atoms with Gasteiger partial charge in [-0.15, -0.1) is 0 Å². The first-order valence-corrected chi connectivity index (χ1v) is 9.70. The first-order chi connectivity index (χ1) is 11.7. The summed E-state index contributed by atoms with van der Waals surface area (Å²) in [7, 11) is -3.60. The van der Waals surface area contributed by atoms with Gasteiger partial charge in [-0.1, -0.05) is 13.8 Å². The van der Waals surface area contributed by atoms with Crippen LogP contribution in [0, 0.1) is 24.2 Å². The van der Waals surface area contributed by atoms with Gasteiger partial charge in [0.05, 0.1) is 5.75 Å². The SMILES string of the molecule is Cc1ccc(/C=C(/C#N)C(=O)Nc2nc(S(=O)(=O)CC(C)C)ns2)o1. The van der Waals surface area contributed by atoms with E-state index in [0.29, 0.717) is 11.5 Å². The molecular weight excluding hydrogens is 364 g/mol. The molecule has 132 valence electrons. The standard InChI is InChI=1S/C15H16N4O4S2/c1-9(2)8-25(21,22)15-18-14(24-19-15)17-13(20)11(7-16)6-12-5-4-10(3)23-12/h4-6,9H,8H2,1-3H3,(H,17,18,19,20)/b11-6-. The molecule has 2 heterocycles. The van der Waals surface area contributed by atoms with E-state index in [1.54, 1.807) is 39.0 Å². The molecule has 0 radical (unpaired) electrons. The Morgan fingerprint density at radius 1 is 1.48 bits per heavy atom. The van der Waals surface area contributed by atoms with Gasteiger partial charge in [0.2, 0.25) is 15.0 Å². The minimum atomic E-state index is -3.60. The lowest BCUT2D eigenvalue weighted by Crippen LogP contribution is -2.15. The van der Waals surface area contributed by atoms with Crippen molar-refractivity contribution in [2.75, 3.05) is 11.1 Å². The Morgan fingerprint density at radius 2 is 2.20 bits per heavy atom. The molecular formula is C15H16N4O4S2. The highest BCUT2D eigenvalue weighted by Crippen LogP contribution is 2.19. The molecule has 2 rings (SSSR count).